The lowest BCUT2D eigenvalue weighted by Crippen LogP contribution is -2.26. The molecule has 0 saturated heterocycles. The fourth-order valence-electron chi connectivity index (χ4n) is 0.816. The van der Waals surface area contributed by atoms with Crippen LogP contribution in [-0.4, -0.2) is 34.6 Å². The molecule has 0 heterocycles. The van der Waals surface area contributed by atoms with Crippen molar-refractivity contribution >= 4 is 28.3 Å². The first-order valence-electron chi connectivity index (χ1n) is 4.50. The lowest BCUT2D eigenvalue weighted by molar-refractivity contribution is 0.0458. The first-order chi connectivity index (χ1) is 5.56. The Balaban J connectivity index is 3.86. The van der Waals surface area contributed by atoms with E-state index in [9.17, 15) is 0 Å². The van der Waals surface area contributed by atoms with Crippen LogP contribution >= 0.6 is 0 Å². The van der Waals surface area contributed by atoms with E-state index in [1.807, 2.05) is 6.08 Å². The zero-order chi connectivity index (χ0) is 9.56. The molecule has 0 fully saturated rings. The maximum Gasteiger partial charge on any atom is 0.174 e. The Kier molecular flexibility index (Phi) is 6.96. The molecule has 0 amide bonds. The summed E-state index contributed by atoms with van der Waals surface area (Å²) < 4.78 is 11.4. The predicted octanol–water partition coefficient (Wildman–Crippen LogP) is 0.192. The molecule has 0 aliphatic rings. The van der Waals surface area contributed by atoms with Gasteiger partial charge in [-0.05, 0) is 32.3 Å². The van der Waals surface area contributed by atoms with Crippen LogP contribution in [0.15, 0.2) is 11.8 Å². The van der Waals surface area contributed by atoms with E-state index in [0.29, 0.717) is 0 Å². The monoisotopic (exact) mass is 220 g/mol. The minimum Gasteiger partial charge on any atom is -0.394 e. The van der Waals surface area contributed by atoms with E-state index in [1.165, 1.54) is 0 Å². The van der Waals surface area contributed by atoms with Crippen LogP contribution in [0.5, 0.6) is 0 Å². The van der Waals surface area contributed by atoms with E-state index in [-0.39, 0.29) is 6.29 Å². The smallest absolute Gasteiger partial charge is 0.174 e. The van der Waals surface area contributed by atoms with E-state index in [0.717, 1.165) is 10.2 Å². The Bertz CT molecular complexity index is 127. The van der Waals surface area contributed by atoms with Gasteiger partial charge in [-0.1, -0.05) is 0 Å². The summed E-state index contributed by atoms with van der Waals surface area (Å²) in [6.07, 6.45) is 2.01. The summed E-state index contributed by atoms with van der Waals surface area (Å²) in [7, 11) is -0.837. The van der Waals surface area contributed by atoms with E-state index in [4.69, 9.17) is 8.85 Å². The second-order valence-corrected chi connectivity index (χ2v) is 8.67. The molecule has 0 bridgehead atoms. The van der Waals surface area contributed by atoms with Crippen LogP contribution in [-0.2, 0) is 8.85 Å². The first-order valence-corrected chi connectivity index (χ1v) is 11.2. The standard InChI is InChI=1S/C7H20O2Si3/c1-11(2)8-7(5-6-10)9-12(3)4/h5-7,11-12H,1-4,10H3. The highest BCUT2D eigenvalue weighted by Crippen LogP contribution is 2.01. The zero-order valence-corrected chi connectivity index (χ0v) is 13.0. The maximum atomic E-state index is 5.69. The Morgan fingerprint density at radius 3 is 1.75 bits per heavy atom. The van der Waals surface area contributed by atoms with Crippen molar-refractivity contribution in [2.45, 2.75) is 32.5 Å². The first kappa shape index (κ1) is 12.3. The van der Waals surface area contributed by atoms with Gasteiger partial charge in [0.25, 0.3) is 0 Å². The van der Waals surface area contributed by atoms with E-state index < -0.39 is 18.1 Å². The van der Waals surface area contributed by atoms with Crippen molar-refractivity contribution < 1.29 is 8.85 Å². The van der Waals surface area contributed by atoms with Crippen LogP contribution in [0.25, 0.3) is 0 Å². The summed E-state index contributed by atoms with van der Waals surface area (Å²) in [5, 5.41) is 0. The van der Waals surface area contributed by atoms with Crippen molar-refractivity contribution in [1.29, 1.82) is 0 Å². The minimum absolute atomic E-state index is 0.0409. The highest BCUT2D eigenvalue weighted by Gasteiger charge is 2.09. The third-order valence-corrected chi connectivity index (χ3v) is 3.17. The molecule has 0 radical (unpaired) electrons. The molecule has 2 nitrogen and oxygen atoms in total. The fraction of sp³-hybridized carbons (Fsp3) is 0.714. The van der Waals surface area contributed by atoms with Gasteiger partial charge >= 0.3 is 0 Å². The molecule has 5 heteroatoms. The van der Waals surface area contributed by atoms with Crippen LogP contribution < -0.4 is 0 Å². The third-order valence-electron chi connectivity index (χ3n) is 1.16. The lowest BCUT2D eigenvalue weighted by atomic mass is 10.6. The molecule has 0 rings (SSSR count). The van der Waals surface area contributed by atoms with Gasteiger partial charge in [0.1, 0.15) is 0 Å². The second kappa shape index (κ2) is 6.79. The molecule has 12 heavy (non-hydrogen) atoms. The molecule has 0 atom stereocenters. The largest absolute Gasteiger partial charge is 0.394 e. The molecule has 0 spiro atoms. The molecule has 0 N–H and O–H groups in total. The van der Waals surface area contributed by atoms with Gasteiger partial charge in [0.15, 0.2) is 24.4 Å². The van der Waals surface area contributed by atoms with Crippen LogP contribution in [0.1, 0.15) is 0 Å². The van der Waals surface area contributed by atoms with Crippen molar-refractivity contribution in [1.82, 2.24) is 0 Å². The van der Waals surface area contributed by atoms with Crippen molar-refractivity contribution in [2.24, 2.45) is 0 Å². The summed E-state index contributed by atoms with van der Waals surface area (Å²) in [6.45, 7) is 8.66. The normalized spacial score (nSPS) is 12.9. The molecule has 0 aromatic carbocycles. The zero-order valence-electron chi connectivity index (χ0n) is 8.70. The second-order valence-electron chi connectivity index (χ2n) is 3.26. The van der Waals surface area contributed by atoms with Crippen molar-refractivity contribution in [3.05, 3.63) is 11.8 Å². The number of hydrogen-bond acceptors (Lipinski definition) is 2. The highest BCUT2D eigenvalue weighted by atomic mass is 28.3. The topological polar surface area (TPSA) is 18.5 Å². The van der Waals surface area contributed by atoms with E-state index >= 15 is 0 Å². The molecule has 0 aliphatic carbocycles. The molecular formula is C7H20O2Si3. The van der Waals surface area contributed by atoms with Crippen LogP contribution in [0.4, 0.5) is 0 Å². The van der Waals surface area contributed by atoms with Crippen LogP contribution in [0, 0.1) is 0 Å². The predicted molar refractivity (Wildman–Crippen MR) is 62.8 cm³/mol. The average Bonchev–Trinajstić information content (AvgIpc) is 1.84. The average molecular weight is 220 g/mol. The Morgan fingerprint density at radius 2 is 1.50 bits per heavy atom. The molecule has 0 aliphatic heterocycles. The maximum absolute atomic E-state index is 5.69. The summed E-state index contributed by atoms with van der Waals surface area (Å²) in [6, 6.07) is 0. The van der Waals surface area contributed by atoms with Gasteiger partial charge in [0.2, 0.25) is 0 Å². The van der Waals surface area contributed by atoms with Gasteiger partial charge in [-0.2, -0.15) is 0 Å². The Labute approximate surface area is 81.8 Å². The Hall–Kier alpha value is 0.311. The molecule has 0 aromatic rings. The van der Waals surface area contributed by atoms with Gasteiger partial charge < -0.3 is 8.85 Å². The van der Waals surface area contributed by atoms with Crippen molar-refractivity contribution in [2.75, 3.05) is 0 Å². The molecule has 72 valence electrons. The number of hydrogen-bond donors (Lipinski definition) is 0. The van der Waals surface area contributed by atoms with Crippen LogP contribution in [0.3, 0.4) is 0 Å². The van der Waals surface area contributed by atoms with Crippen LogP contribution in [0.2, 0.25) is 26.2 Å². The van der Waals surface area contributed by atoms with Crippen molar-refractivity contribution in [3.8, 4) is 0 Å². The third kappa shape index (κ3) is 6.99. The SMILES string of the molecule is C[SiH](C)OC(C=C[SiH3])O[SiH](C)C. The van der Waals surface area contributed by atoms with E-state index in [1.54, 1.807) is 0 Å². The van der Waals surface area contributed by atoms with Gasteiger partial charge in [0, 0.05) is 10.2 Å². The lowest BCUT2D eigenvalue weighted by Gasteiger charge is -2.19. The fourth-order valence-corrected chi connectivity index (χ4v) is 2.64. The van der Waals surface area contributed by atoms with Gasteiger partial charge in [-0.3, -0.25) is 0 Å². The summed E-state index contributed by atoms with van der Waals surface area (Å²) in [5.41, 5.74) is 2.12. The molecule has 0 unspecified atom stereocenters. The van der Waals surface area contributed by atoms with Gasteiger partial charge in [-0.25, -0.2) is 0 Å². The summed E-state index contributed by atoms with van der Waals surface area (Å²) in [4.78, 5) is 0. The summed E-state index contributed by atoms with van der Waals surface area (Å²) >= 11 is 0. The highest BCUT2D eigenvalue weighted by molar-refractivity contribution is 6.49. The molecular weight excluding hydrogens is 200 g/mol. The minimum atomic E-state index is -0.957. The molecule has 0 saturated carbocycles. The van der Waals surface area contributed by atoms with Crippen molar-refractivity contribution in [3.63, 3.8) is 0 Å². The quantitative estimate of drug-likeness (QED) is 0.487. The van der Waals surface area contributed by atoms with Gasteiger partial charge in [0.05, 0.1) is 0 Å². The summed E-state index contributed by atoms with van der Waals surface area (Å²) in [5.74, 6) is 0. The van der Waals surface area contributed by atoms with E-state index in [2.05, 4.69) is 31.9 Å². The van der Waals surface area contributed by atoms with Gasteiger partial charge in [-0.15, -0.1) is 5.70 Å². The number of rotatable bonds is 5. The Morgan fingerprint density at radius 1 is 1.08 bits per heavy atom. The molecule has 0 aromatic heterocycles.